The van der Waals surface area contributed by atoms with Gasteiger partial charge in [-0.25, -0.2) is 14.2 Å². The number of carbonyl (C=O) groups excluding carboxylic acids is 1. The van der Waals surface area contributed by atoms with Gasteiger partial charge < -0.3 is 10.2 Å². The number of nitrogens with one attached hydrogen (secondary N) is 1. The maximum atomic E-state index is 13.6. The lowest BCUT2D eigenvalue weighted by Gasteiger charge is -2.32. The van der Waals surface area contributed by atoms with Crippen molar-refractivity contribution in [3.05, 3.63) is 42.7 Å². The molecule has 1 aromatic heterocycles. The number of anilines is 1. The first-order chi connectivity index (χ1) is 10.7. The van der Waals surface area contributed by atoms with Crippen molar-refractivity contribution in [3.8, 4) is 0 Å². The lowest BCUT2D eigenvalue weighted by atomic mass is 9.98. The molecule has 22 heavy (non-hydrogen) atoms. The summed E-state index contributed by atoms with van der Waals surface area (Å²) in [5.74, 6) is -0.0890. The zero-order valence-corrected chi connectivity index (χ0v) is 12.2. The van der Waals surface area contributed by atoms with Gasteiger partial charge in [0, 0.05) is 19.6 Å². The Bertz CT molecular complexity index is 631. The maximum absolute atomic E-state index is 13.6. The van der Waals surface area contributed by atoms with Gasteiger partial charge in [0.2, 0.25) is 0 Å². The van der Waals surface area contributed by atoms with Gasteiger partial charge in [-0.05, 0) is 30.9 Å². The molecule has 116 valence electrons. The number of likely N-dealkylation sites (tertiary alicyclic amines) is 1. The molecule has 1 aromatic carbocycles. The van der Waals surface area contributed by atoms with Crippen molar-refractivity contribution in [2.45, 2.75) is 19.4 Å². The van der Waals surface area contributed by atoms with Crippen LogP contribution < -0.4 is 5.32 Å². The highest BCUT2D eigenvalue weighted by Gasteiger charge is 2.24. The average Bonchev–Trinajstić information content (AvgIpc) is 3.03. The lowest BCUT2D eigenvalue weighted by Crippen LogP contribution is -2.43. The third-order valence-electron chi connectivity index (χ3n) is 3.83. The Labute approximate surface area is 128 Å². The molecule has 0 spiro atoms. The summed E-state index contributed by atoms with van der Waals surface area (Å²) in [6, 6.07) is 5.93. The van der Waals surface area contributed by atoms with Crippen molar-refractivity contribution >= 4 is 11.7 Å². The highest BCUT2D eigenvalue weighted by molar-refractivity contribution is 5.89. The van der Waals surface area contributed by atoms with E-state index in [9.17, 15) is 9.18 Å². The molecule has 1 fully saturated rings. The van der Waals surface area contributed by atoms with E-state index in [1.54, 1.807) is 34.1 Å². The largest absolute Gasteiger partial charge is 0.324 e. The Morgan fingerprint density at radius 3 is 3.05 bits per heavy atom. The second-order valence-corrected chi connectivity index (χ2v) is 5.48. The second kappa shape index (κ2) is 6.55. The number of urea groups is 1. The van der Waals surface area contributed by atoms with Crippen LogP contribution in [-0.4, -0.2) is 38.8 Å². The van der Waals surface area contributed by atoms with Gasteiger partial charge in [-0.3, -0.25) is 4.68 Å². The van der Waals surface area contributed by atoms with E-state index in [1.807, 2.05) is 0 Å². The number of hydrogen-bond acceptors (Lipinski definition) is 3. The fraction of sp³-hybridized carbons (Fsp3) is 0.400. The molecule has 0 bridgehead atoms. The predicted octanol–water partition coefficient (Wildman–Crippen LogP) is 2.36. The van der Waals surface area contributed by atoms with Crippen molar-refractivity contribution in [3.63, 3.8) is 0 Å². The van der Waals surface area contributed by atoms with Crippen LogP contribution in [0.2, 0.25) is 0 Å². The molecule has 6 nitrogen and oxygen atoms in total. The molecule has 0 saturated carbocycles. The highest BCUT2D eigenvalue weighted by atomic mass is 19.1. The number of para-hydroxylation sites is 1. The van der Waals surface area contributed by atoms with Gasteiger partial charge in [0.15, 0.2) is 0 Å². The van der Waals surface area contributed by atoms with Crippen LogP contribution in [0, 0.1) is 11.7 Å². The van der Waals surface area contributed by atoms with Crippen LogP contribution in [-0.2, 0) is 6.54 Å². The minimum absolute atomic E-state index is 0.214. The third-order valence-corrected chi connectivity index (χ3v) is 3.83. The smallest absolute Gasteiger partial charge is 0.321 e. The number of piperidine rings is 1. The summed E-state index contributed by atoms with van der Waals surface area (Å²) in [7, 11) is 0. The topological polar surface area (TPSA) is 63.1 Å². The van der Waals surface area contributed by atoms with Gasteiger partial charge in [0.1, 0.15) is 18.5 Å². The normalized spacial score (nSPS) is 18.2. The highest BCUT2D eigenvalue weighted by Crippen LogP contribution is 2.20. The molecule has 0 radical (unpaired) electrons. The number of halogens is 1. The van der Waals surface area contributed by atoms with Crippen molar-refractivity contribution in [2.75, 3.05) is 18.4 Å². The van der Waals surface area contributed by atoms with E-state index < -0.39 is 5.82 Å². The fourth-order valence-electron chi connectivity index (χ4n) is 2.75. The minimum Gasteiger partial charge on any atom is -0.324 e. The van der Waals surface area contributed by atoms with E-state index in [1.165, 1.54) is 12.4 Å². The van der Waals surface area contributed by atoms with Crippen molar-refractivity contribution in [1.29, 1.82) is 0 Å². The molecule has 1 saturated heterocycles. The Morgan fingerprint density at radius 2 is 2.27 bits per heavy atom. The number of benzene rings is 1. The van der Waals surface area contributed by atoms with Gasteiger partial charge in [0.25, 0.3) is 0 Å². The first-order valence-electron chi connectivity index (χ1n) is 7.35. The molecule has 2 amide bonds. The van der Waals surface area contributed by atoms with Crippen LogP contribution in [0.1, 0.15) is 12.8 Å². The first kappa shape index (κ1) is 14.5. The van der Waals surface area contributed by atoms with Gasteiger partial charge in [-0.1, -0.05) is 12.1 Å². The SMILES string of the molecule is O=C(Nc1ccccc1F)N1CCCC(Cn2cncn2)C1. The van der Waals surface area contributed by atoms with Crippen LogP contribution in [0.3, 0.4) is 0 Å². The minimum atomic E-state index is -0.424. The van der Waals surface area contributed by atoms with E-state index >= 15 is 0 Å². The summed E-state index contributed by atoms with van der Waals surface area (Å²) in [6.07, 6.45) is 5.16. The maximum Gasteiger partial charge on any atom is 0.321 e. The van der Waals surface area contributed by atoms with Crippen LogP contribution in [0.4, 0.5) is 14.9 Å². The second-order valence-electron chi connectivity index (χ2n) is 5.48. The van der Waals surface area contributed by atoms with Crippen LogP contribution in [0.5, 0.6) is 0 Å². The van der Waals surface area contributed by atoms with Crippen molar-refractivity contribution in [2.24, 2.45) is 5.92 Å². The van der Waals surface area contributed by atoms with Gasteiger partial charge >= 0.3 is 6.03 Å². The monoisotopic (exact) mass is 303 g/mol. The van der Waals surface area contributed by atoms with Crippen LogP contribution in [0.25, 0.3) is 0 Å². The Hall–Kier alpha value is -2.44. The quantitative estimate of drug-likeness (QED) is 0.947. The molecule has 0 aliphatic carbocycles. The zero-order chi connectivity index (χ0) is 15.4. The Balaban J connectivity index is 1.59. The standard InChI is InChI=1S/C15H18FN5O/c16-13-5-1-2-6-14(13)19-15(22)20-7-3-4-12(8-20)9-21-11-17-10-18-21/h1-2,5-6,10-12H,3-4,7-9H2,(H,19,22). The summed E-state index contributed by atoms with van der Waals surface area (Å²) in [5, 5.41) is 6.73. The predicted molar refractivity (Wildman–Crippen MR) is 79.7 cm³/mol. The van der Waals surface area contributed by atoms with E-state index in [0.717, 1.165) is 19.4 Å². The number of carbonyl (C=O) groups is 1. The molecule has 1 unspecified atom stereocenters. The molecule has 3 rings (SSSR count). The first-order valence-corrected chi connectivity index (χ1v) is 7.35. The molecule has 1 aliphatic heterocycles. The van der Waals surface area contributed by atoms with Gasteiger partial charge in [0.05, 0.1) is 5.69 Å². The molecule has 1 N–H and O–H groups in total. The molecular weight excluding hydrogens is 285 g/mol. The summed E-state index contributed by atoms with van der Waals surface area (Å²) >= 11 is 0. The number of amides is 2. The summed E-state index contributed by atoms with van der Waals surface area (Å²) < 4.78 is 15.4. The molecule has 1 aliphatic rings. The third kappa shape index (κ3) is 3.41. The van der Waals surface area contributed by atoms with E-state index in [2.05, 4.69) is 15.4 Å². The van der Waals surface area contributed by atoms with E-state index in [-0.39, 0.29) is 11.7 Å². The summed E-state index contributed by atoms with van der Waals surface area (Å²) in [6.45, 7) is 2.07. The Morgan fingerprint density at radius 1 is 1.41 bits per heavy atom. The summed E-state index contributed by atoms with van der Waals surface area (Å²) in [5.41, 5.74) is 0.214. The van der Waals surface area contributed by atoms with Crippen molar-refractivity contribution < 1.29 is 9.18 Å². The molecular formula is C15H18FN5O. The molecule has 7 heteroatoms. The van der Waals surface area contributed by atoms with Crippen LogP contribution in [0.15, 0.2) is 36.9 Å². The van der Waals surface area contributed by atoms with Crippen molar-refractivity contribution in [1.82, 2.24) is 19.7 Å². The molecule has 2 aromatic rings. The van der Waals surface area contributed by atoms with Gasteiger partial charge in [-0.15, -0.1) is 0 Å². The van der Waals surface area contributed by atoms with E-state index in [4.69, 9.17) is 0 Å². The van der Waals surface area contributed by atoms with Crippen LogP contribution >= 0.6 is 0 Å². The number of rotatable bonds is 3. The summed E-state index contributed by atoms with van der Waals surface area (Å²) in [4.78, 5) is 17.9. The number of nitrogens with zero attached hydrogens (tertiary/aromatic N) is 4. The van der Waals surface area contributed by atoms with E-state index in [0.29, 0.717) is 19.0 Å². The molecule has 1 atom stereocenters. The zero-order valence-electron chi connectivity index (χ0n) is 12.2. The fourth-order valence-corrected chi connectivity index (χ4v) is 2.75. The average molecular weight is 303 g/mol. The Kier molecular flexibility index (Phi) is 4.32. The molecule has 2 heterocycles. The lowest BCUT2D eigenvalue weighted by molar-refractivity contribution is 0.168. The number of aromatic nitrogens is 3. The van der Waals surface area contributed by atoms with Gasteiger partial charge in [-0.2, -0.15) is 5.10 Å². The number of hydrogen-bond donors (Lipinski definition) is 1.